The summed E-state index contributed by atoms with van der Waals surface area (Å²) in [5, 5.41) is 3.15. The van der Waals surface area contributed by atoms with Crippen molar-refractivity contribution in [1.82, 2.24) is 4.98 Å². The molecule has 0 saturated carbocycles. The van der Waals surface area contributed by atoms with E-state index in [0.29, 0.717) is 0 Å². The number of thiazole rings is 1. The second-order valence-corrected chi connectivity index (χ2v) is 4.81. The van der Waals surface area contributed by atoms with Crippen molar-refractivity contribution in [3.8, 4) is 0 Å². The highest BCUT2D eigenvalue weighted by atomic mass is 32.2. The van der Waals surface area contributed by atoms with E-state index < -0.39 is 0 Å². The molecule has 1 aromatic carbocycles. The van der Waals surface area contributed by atoms with Crippen molar-refractivity contribution in [2.24, 2.45) is 0 Å². The third-order valence-corrected chi connectivity index (χ3v) is 3.67. The predicted molar refractivity (Wildman–Crippen MR) is 62.5 cm³/mol. The highest BCUT2D eigenvalue weighted by molar-refractivity contribution is 7.98. The Balaban J connectivity index is 1.98. The number of aromatic nitrogens is 1. The number of benzene rings is 1. The number of rotatable bonds is 3. The van der Waals surface area contributed by atoms with Gasteiger partial charge in [-0.05, 0) is 18.2 Å². The first kappa shape index (κ1) is 9.55. The Labute approximate surface area is 91.2 Å². The van der Waals surface area contributed by atoms with E-state index in [1.807, 2.05) is 29.8 Å². The number of nitrogens with two attached hydrogens (primary N) is 1. The van der Waals surface area contributed by atoms with Gasteiger partial charge in [0.15, 0.2) is 0 Å². The lowest BCUT2D eigenvalue weighted by Gasteiger charge is -1.99. The topological polar surface area (TPSA) is 38.9 Å². The normalized spacial score (nSPS) is 10.3. The minimum Gasteiger partial charge on any atom is -0.399 e. The summed E-state index contributed by atoms with van der Waals surface area (Å²) in [4.78, 5) is 5.41. The van der Waals surface area contributed by atoms with Gasteiger partial charge in [-0.15, -0.1) is 23.1 Å². The molecule has 1 aromatic heterocycles. The average Bonchev–Trinajstić information content (AvgIpc) is 2.67. The Kier molecular flexibility index (Phi) is 3.06. The maximum Gasteiger partial charge on any atom is 0.103 e. The molecule has 0 aliphatic carbocycles. The average molecular weight is 222 g/mol. The van der Waals surface area contributed by atoms with Gasteiger partial charge in [0.1, 0.15) is 5.01 Å². The van der Waals surface area contributed by atoms with Crippen molar-refractivity contribution >= 4 is 28.8 Å². The van der Waals surface area contributed by atoms with E-state index in [2.05, 4.69) is 11.1 Å². The van der Waals surface area contributed by atoms with Crippen molar-refractivity contribution in [2.75, 3.05) is 5.73 Å². The molecule has 0 fully saturated rings. The largest absolute Gasteiger partial charge is 0.399 e. The van der Waals surface area contributed by atoms with Crippen LogP contribution >= 0.6 is 23.1 Å². The molecule has 2 N–H and O–H groups in total. The fourth-order valence-corrected chi connectivity index (χ4v) is 2.68. The van der Waals surface area contributed by atoms with Gasteiger partial charge in [0.2, 0.25) is 0 Å². The molecule has 4 heteroatoms. The smallest absolute Gasteiger partial charge is 0.103 e. The van der Waals surface area contributed by atoms with Gasteiger partial charge in [-0.25, -0.2) is 4.98 Å². The summed E-state index contributed by atoms with van der Waals surface area (Å²) in [5.41, 5.74) is 6.50. The van der Waals surface area contributed by atoms with Crippen LogP contribution in [-0.4, -0.2) is 4.98 Å². The first-order valence-corrected chi connectivity index (χ1v) is 6.08. The molecule has 14 heavy (non-hydrogen) atoms. The zero-order chi connectivity index (χ0) is 9.80. The van der Waals surface area contributed by atoms with E-state index in [0.717, 1.165) is 16.4 Å². The fraction of sp³-hybridized carbons (Fsp3) is 0.100. The monoisotopic (exact) mass is 222 g/mol. The summed E-state index contributed by atoms with van der Waals surface area (Å²) in [6.45, 7) is 0. The summed E-state index contributed by atoms with van der Waals surface area (Å²) < 4.78 is 0. The lowest BCUT2D eigenvalue weighted by molar-refractivity contribution is 1.26. The van der Waals surface area contributed by atoms with Crippen LogP contribution in [0.4, 0.5) is 5.69 Å². The van der Waals surface area contributed by atoms with E-state index in [4.69, 9.17) is 5.73 Å². The van der Waals surface area contributed by atoms with Crippen molar-refractivity contribution in [1.29, 1.82) is 0 Å². The highest BCUT2D eigenvalue weighted by Gasteiger charge is 1.98. The minimum atomic E-state index is 0.814. The molecule has 0 radical (unpaired) electrons. The molecule has 0 bridgehead atoms. The van der Waals surface area contributed by atoms with Crippen molar-refractivity contribution in [3.63, 3.8) is 0 Å². The molecule has 2 rings (SSSR count). The number of hydrogen-bond acceptors (Lipinski definition) is 4. The van der Waals surface area contributed by atoms with E-state index in [-0.39, 0.29) is 0 Å². The quantitative estimate of drug-likeness (QED) is 0.641. The molecule has 0 aliphatic rings. The van der Waals surface area contributed by atoms with E-state index >= 15 is 0 Å². The molecule has 0 saturated heterocycles. The summed E-state index contributed by atoms with van der Waals surface area (Å²) in [7, 11) is 0. The third-order valence-electron chi connectivity index (χ3n) is 1.70. The summed E-state index contributed by atoms with van der Waals surface area (Å²) in [6.07, 6.45) is 1.83. The van der Waals surface area contributed by atoms with Crippen LogP contribution in [0.1, 0.15) is 5.01 Å². The number of anilines is 1. The maximum atomic E-state index is 5.68. The van der Waals surface area contributed by atoms with Gasteiger partial charge >= 0.3 is 0 Å². The molecule has 1 heterocycles. The van der Waals surface area contributed by atoms with Gasteiger partial charge in [0, 0.05) is 22.2 Å². The Morgan fingerprint density at radius 2 is 2.36 bits per heavy atom. The minimum absolute atomic E-state index is 0.814. The predicted octanol–water partition coefficient (Wildman–Crippen LogP) is 3.02. The van der Waals surface area contributed by atoms with Gasteiger partial charge in [-0.2, -0.15) is 0 Å². The zero-order valence-corrected chi connectivity index (χ0v) is 9.15. The van der Waals surface area contributed by atoms with E-state index in [1.165, 1.54) is 4.90 Å². The zero-order valence-electron chi connectivity index (χ0n) is 7.51. The standard InChI is InChI=1S/C10H10N2S2/c11-8-2-1-3-9(6-8)14-7-10-12-4-5-13-10/h1-6H,7,11H2. The SMILES string of the molecule is Nc1cccc(SCc2nccs2)c1. The Morgan fingerprint density at radius 1 is 1.43 bits per heavy atom. The molecule has 0 spiro atoms. The highest BCUT2D eigenvalue weighted by Crippen LogP contribution is 2.24. The second kappa shape index (κ2) is 4.48. The summed E-state index contributed by atoms with van der Waals surface area (Å²) >= 11 is 3.44. The molecule has 72 valence electrons. The molecular formula is C10H10N2S2. The van der Waals surface area contributed by atoms with Crippen LogP contribution in [0.15, 0.2) is 40.7 Å². The number of nitrogen functional groups attached to an aromatic ring is 1. The van der Waals surface area contributed by atoms with Crippen molar-refractivity contribution in [3.05, 3.63) is 40.8 Å². The molecule has 0 amide bonds. The fourth-order valence-electron chi connectivity index (χ4n) is 1.07. The van der Waals surface area contributed by atoms with Crippen LogP contribution in [0.5, 0.6) is 0 Å². The molecule has 2 nitrogen and oxygen atoms in total. The first-order valence-electron chi connectivity index (χ1n) is 4.21. The molecule has 0 aliphatic heterocycles. The lowest BCUT2D eigenvalue weighted by Crippen LogP contribution is -1.84. The second-order valence-electron chi connectivity index (χ2n) is 2.79. The third kappa shape index (κ3) is 2.49. The van der Waals surface area contributed by atoms with Crippen molar-refractivity contribution in [2.45, 2.75) is 10.6 Å². The van der Waals surface area contributed by atoms with Gasteiger partial charge in [-0.3, -0.25) is 0 Å². The van der Waals surface area contributed by atoms with Gasteiger partial charge < -0.3 is 5.73 Å². The van der Waals surface area contributed by atoms with Gasteiger partial charge in [0.05, 0.1) is 5.75 Å². The van der Waals surface area contributed by atoms with Crippen LogP contribution in [0, 0.1) is 0 Å². The molecule has 0 atom stereocenters. The van der Waals surface area contributed by atoms with Crippen molar-refractivity contribution < 1.29 is 0 Å². The van der Waals surface area contributed by atoms with Crippen LogP contribution < -0.4 is 5.73 Å². The Hall–Kier alpha value is -1.00. The Bertz CT molecular complexity index is 398. The number of hydrogen-bond donors (Lipinski definition) is 1. The Morgan fingerprint density at radius 3 is 3.07 bits per heavy atom. The first-order chi connectivity index (χ1) is 6.84. The molecule has 0 unspecified atom stereocenters. The number of thioether (sulfide) groups is 1. The lowest BCUT2D eigenvalue weighted by atomic mass is 10.3. The van der Waals surface area contributed by atoms with Crippen LogP contribution in [0.2, 0.25) is 0 Å². The molecule has 2 aromatic rings. The van der Waals surface area contributed by atoms with E-state index in [1.54, 1.807) is 23.1 Å². The molecular weight excluding hydrogens is 212 g/mol. The van der Waals surface area contributed by atoms with E-state index in [9.17, 15) is 0 Å². The summed E-state index contributed by atoms with van der Waals surface area (Å²) in [6, 6.07) is 7.92. The van der Waals surface area contributed by atoms with Crippen LogP contribution in [-0.2, 0) is 5.75 Å². The van der Waals surface area contributed by atoms with Gasteiger partial charge in [-0.1, -0.05) is 6.07 Å². The van der Waals surface area contributed by atoms with Crippen LogP contribution in [0.25, 0.3) is 0 Å². The number of nitrogens with zero attached hydrogens (tertiary/aromatic N) is 1. The maximum absolute atomic E-state index is 5.68. The van der Waals surface area contributed by atoms with Crippen LogP contribution in [0.3, 0.4) is 0 Å². The van der Waals surface area contributed by atoms with Gasteiger partial charge in [0.25, 0.3) is 0 Å². The summed E-state index contributed by atoms with van der Waals surface area (Å²) in [5.74, 6) is 0.918.